The van der Waals surface area contributed by atoms with Crippen LogP contribution in [0.2, 0.25) is 0 Å². The molecule has 0 bridgehead atoms. The number of piperidine rings is 1. The smallest absolute Gasteiger partial charge is 0.410 e. The third-order valence-electron chi connectivity index (χ3n) is 4.14. The van der Waals surface area contributed by atoms with Crippen molar-refractivity contribution in [3.63, 3.8) is 0 Å². The predicted octanol–water partition coefficient (Wildman–Crippen LogP) is 3.24. The Labute approximate surface area is 134 Å². The van der Waals surface area contributed by atoms with E-state index in [0.29, 0.717) is 6.54 Å². The number of carbonyl (C=O) groups excluding carboxylic acids is 1. The lowest BCUT2D eigenvalue weighted by atomic mass is 9.97. The van der Waals surface area contributed by atoms with Crippen molar-refractivity contribution in [1.82, 2.24) is 9.88 Å². The van der Waals surface area contributed by atoms with Gasteiger partial charge in [-0.25, -0.2) is 4.79 Å². The van der Waals surface area contributed by atoms with Crippen molar-refractivity contribution < 1.29 is 9.53 Å². The molecule has 2 heterocycles. The van der Waals surface area contributed by atoms with Crippen molar-refractivity contribution >= 4 is 6.09 Å². The summed E-state index contributed by atoms with van der Waals surface area (Å²) in [6.07, 6.45) is 4.30. The van der Waals surface area contributed by atoms with E-state index in [-0.39, 0.29) is 24.3 Å². The van der Waals surface area contributed by atoms with E-state index < -0.39 is 0 Å². The first-order valence-corrected chi connectivity index (χ1v) is 7.90. The molecule has 1 saturated heterocycles. The minimum atomic E-state index is -0.301. The number of H-pyrrole nitrogens is 1. The number of rotatable bonds is 3. The fraction of sp³-hybridized carbons (Fsp3) is 0.333. The van der Waals surface area contributed by atoms with Crippen LogP contribution in [0.15, 0.2) is 53.5 Å². The summed E-state index contributed by atoms with van der Waals surface area (Å²) in [4.78, 5) is 28.1. The molecule has 1 aromatic carbocycles. The van der Waals surface area contributed by atoms with Gasteiger partial charge in [0, 0.05) is 18.8 Å². The second kappa shape index (κ2) is 7.13. The summed E-state index contributed by atoms with van der Waals surface area (Å²) >= 11 is 0. The largest absolute Gasteiger partial charge is 0.445 e. The van der Waals surface area contributed by atoms with Crippen LogP contribution in [0, 0.1) is 0 Å². The number of hydrogen-bond acceptors (Lipinski definition) is 3. The molecule has 3 rings (SSSR count). The van der Waals surface area contributed by atoms with Gasteiger partial charge in [-0.3, -0.25) is 4.79 Å². The maximum atomic E-state index is 12.5. The lowest BCUT2D eigenvalue weighted by molar-refractivity contribution is 0.0678. The Bertz CT molecular complexity index is 691. The van der Waals surface area contributed by atoms with Crippen LogP contribution in [0.25, 0.3) is 0 Å². The number of ether oxygens (including phenoxy) is 1. The minimum absolute atomic E-state index is 0.0381. The topological polar surface area (TPSA) is 62.4 Å². The molecule has 0 spiro atoms. The zero-order valence-electron chi connectivity index (χ0n) is 12.9. The monoisotopic (exact) mass is 312 g/mol. The van der Waals surface area contributed by atoms with Crippen LogP contribution in [0.3, 0.4) is 0 Å². The number of nitrogens with zero attached hydrogens (tertiary/aromatic N) is 1. The lowest BCUT2D eigenvalue weighted by Crippen LogP contribution is -2.39. The van der Waals surface area contributed by atoms with Gasteiger partial charge in [0.1, 0.15) is 6.61 Å². The summed E-state index contributed by atoms with van der Waals surface area (Å²) in [6, 6.07) is 12.9. The normalized spacial score (nSPS) is 17.7. The Balaban J connectivity index is 1.69. The third-order valence-corrected chi connectivity index (χ3v) is 4.14. The van der Waals surface area contributed by atoms with Crippen LogP contribution < -0.4 is 5.56 Å². The number of aromatic nitrogens is 1. The summed E-state index contributed by atoms with van der Waals surface area (Å²) in [5, 5.41) is 0. The molecule has 0 saturated carbocycles. The van der Waals surface area contributed by atoms with E-state index in [9.17, 15) is 9.59 Å². The van der Waals surface area contributed by atoms with Crippen molar-refractivity contribution in [2.75, 3.05) is 6.54 Å². The van der Waals surface area contributed by atoms with Gasteiger partial charge in [-0.05, 0) is 30.4 Å². The molecular formula is C18H20N2O3. The molecule has 23 heavy (non-hydrogen) atoms. The number of nitrogens with one attached hydrogen (secondary N) is 1. The quantitative estimate of drug-likeness (QED) is 0.946. The predicted molar refractivity (Wildman–Crippen MR) is 87.0 cm³/mol. The van der Waals surface area contributed by atoms with Gasteiger partial charge >= 0.3 is 6.09 Å². The Kier molecular flexibility index (Phi) is 4.76. The second-order valence-electron chi connectivity index (χ2n) is 5.73. The number of pyridine rings is 1. The van der Waals surface area contributed by atoms with Crippen molar-refractivity contribution in [2.45, 2.75) is 31.9 Å². The summed E-state index contributed by atoms with van der Waals surface area (Å²) in [6.45, 7) is 0.950. The SMILES string of the molecule is O=C(OCc1ccccc1)N1CCCCC1c1ccc(=O)[nH]c1. The maximum Gasteiger partial charge on any atom is 0.410 e. The average molecular weight is 312 g/mol. The van der Waals surface area contributed by atoms with Crippen LogP contribution >= 0.6 is 0 Å². The van der Waals surface area contributed by atoms with Crippen LogP contribution in [0.4, 0.5) is 4.79 Å². The molecule has 5 heteroatoms. The summed E-state index contributed by atoms with van der Waals surface area (Å²) in [7, 11) is 0. The van der Waals surface area contributed by atoms with E-state index in [1.54, 1.807) is 17.2 Å². The molecule has 1 fully saturated rings. The molecule has 0 radical (unpaired) electrons. The van der Waals surface area contributed by atoms with Crippen molar-refractivity contribution in [2.24, 2.45) is 0 Å². The number of likely N-dealkylation sites (tertiary alicyclic amines) is 1. The molecule has 1 N–H and O–H groups in total. The maximum absolute atomic E-state index is 12.5. The first kappa shape index (κ1) is 15.3. The lowest BCUT2D eigenvalue weighted by Gasteiger charge is -2.35. The fourth-order valence-electron chi connectivity index (χ4n) is 2.93. The van der Waals surface area contributed by atoms with Gasteiger partial charge in [0.2, 0.25) is 5.56 Å². The van der Waals surface area contributed by atoms with E-state index >= 15 is 0 Å². The van der Waals surface area contributed by atoms with Gasteiger partial charge in [0.15, 0.2) is 0 Å². The van der Waals surface area contributed by atoms with E-state index in [1.165, 1.54) is 6.07 Å². The number of hydrogen-bond donors (Lipinski definition) is 1. The highest BCUT2D eigenvalue weighted by Crippen LogP contribution is 2.30. The third kappa shape index (κ3) is 3.80. The molecule has 1 aromatic heterocycles. The zero-order valence-corrected chi connectivity index (χ0v) is 12.9. The minimum Gasteiger partial charge on any atom is -0.445 e. The average Bonchev–Trinajstić information content (AvgIpc) is 2.61. The molecule has 1 aliphatic rings. The van der Waals surface area contributed by atoms with Crippen LogP contribution in [-0.2, 0) is 11.3 Å². The van der Waals surface area contributed by atoms with Gasteiger partial charge in [0.05, 0.1) is 6.04 Å². The first-order chi connectivity index (χ1) is 11.2. The summed E-state index contributed by atoms with van der Waals surface area (Å²) in [5.41, 5.74) is 1.78. The zero-order chi connectivity index (χ0) is 16.1. The van der Waals surface area contributed by atoms with Crippen molar-refractivity contribution in [1.29, 1.82) is 0 Å². The van der Waals surface area contributed by atoms with E-state index in [2.05, 4.69) is 4.98 Å². The number of aromatic amines is 1. The molecule has 1 amide bonds. The number of carbonyl (C=O) groups is 1. The Hall–Kier alpha value is -2.56. The molecule has 0 aliphatic carbocycles. The molecule has 2 aromatic rings. The van der Waals surface area contributed by atoms with Crippen LogP contribution in [0.5, 0.6) is 0 Å². The number of benzene rings is 1. The summed E-state index contributed by atoms with van der Waals surface area (Å²) < 4.78 is 5.46. The van der Waals surface area contributed by atoms with E-state index in [1.807, 2.05) is 30.3 Å². The van der Waals surface area contributed by atoms with E-state index in [0.717, 1.165) is 30.4 Å². The van der Waals surface area contributed by atoms with Gasteiger partial charge in [-0.1, -0.05) is 36.4 Å². The fourth-order valence-corrected chi connectivity index (χ4v) is 2.93. The van der Waals surface area contributed by atoms with E-state index in [4.69, 9.17) is 4.74 Å². The highest BCUT2D eigenvalue weighted by atomic mass is 16.6. The van der Waals surface area contributed by atoms with Crippen LogP contribution in [-0.4, -0.2) is 22.5 Å². The first-order valence-electron chi connectivity index (χ1n) is 7.90. The highest BCUT2D eigenvalue weighted by molar-refractivity contribution is 5.68. The van der Waals surface area contributed by atoms with Gasteiger partial charge in [-0.15, -0.1) is 0 Å². The van der Waals surface area contributed by atoms with Crippen LogP contribution in [0.1, 0.15) is 36.4 Å². The van der Waals surface area contributed by atoms with Crippen molar-refractivity contribution in [3.8, 4) is 0 Å². The summed E-state index contributed by atoms with van der Waals surface area (Å²) in [5.74, 6) is 0. The molecule has 1 unspecified atom stereocenters. The number of amides is 1. The Morgan fingerprint density at radius 1 is 1.17 bits per heavy atom. The molecular weight excluding hydrogens is 292 g/mol. The van der Waals surface area contributed by atoms with Gasteiger partial charge in [0.25, 0.3) is 0 Å². The molecule has 5 nitrogen and oxygen atoms in total. The Morgan fingerprint density at radius 2 is 2.00 bits per heavy atom. The van der Waals surface area contributed by atoms with Crippen molar-refractivity contribution in [3.05, 3.63) is 70.1 Å². The highest BCUT2D eigenvalue weighted by Gasteiger charge is 2.29. The van der Waals surface area contributed by atoms with Gasteiger partial charge in [-0.2, -0.15) is 0 Å². The molecule has 1 aliphatic heterocycles. The Morgan fingerprint density at radius 3 is 2.74 bits per heavy atom. The molecule has 120 valence electrons. The molecule has 1 atom stereocenters. The van der Waals surface area contributed by atoms with Gasteiger partial charge < -0.3 is 14.6 Å². The second-order valence-corrected chi connectivity index (χ2v) is 5.73. The standard InChI is InChI=1S/C18H20N2O3/c21-17-10-9-15(12-19-17)16-8-4-5-11-20(16)18(22)23-13-14-6-2-1-3-7-14/h1-3,6-7,9-10,12,16H,4-5,8,11,13H2,(H,19,21).